The van der Waals surface area contributed by atoms with Gasteiger partial charge in [0.05, 0.1) is 6.10 Å². The van der Waals surface area contributed by atoms with Crippen LogP contribution in [0.2, 0.25) is 0 Å². The molecule has 0 bridgehead atoms. The van der Waals surface area contributed by atoms with Gasteiger partial charge in [-0.1, -0.05) is 0 Å². The highest BCUT2D eigenvalue weighted by molar-refractivity contribution is 5.87. The summed E-state index contributed by atoms with van der Waals surface area (Å²) < 4.78 is 10.4. The molecule has 2 heterocycles. The Bertz CT molecular complexity index is 413. The molecular weight excluding hydrogens is 208 g/mol. The second kappa shape index (κ2) is 4.81. The number of nitrogens with one attached hydrogen (secondary N) is 1. The molecule has 5 nitrogen and oxygen atoms in total. The van der Waals surface area contributed by atoms with Gasteiger partial charge in [-0.25, -0.2) is 4.79 Å². The third-order valence-electron chi connectivity index (χ3n) is 2.45. The molecule has 1 fully saturated rings. The zero-order chi connectivity index (χ0) is 11.4. The van der Waals surface area contributed by atoms with Crippen LogP contribution in [0.3, 0.4) is 0 Å². The summed E-state index contributed by atoms with van der Waals surface area (Å²) in [6, 6.07) is 4.99. The van der Waals surface area contributed by atoms with Crippen molar-refractivity contribution in [2.75, 3.05) is 13.2 Å². The Morgan fingerprint density at radius 3 is 3.19 bits per heavy atom. The van der Waals surface area contributed by atoms with E-state index in [1.54, 1.807) is 6.07 Å². The predicted octanol–water partition coefficient (Wildman–Crippen LogP) is 1.22. The molecule has 0 aliphatic carbocycles. The molecule has 2 rings (SSSR count). The molecular formula is C11H12N2O3. The van der Waals surface area contributed by atoms with Crippen LogP contribution in [-0.2, 0) is 9.47 Å². The number of ether oxygens (including phenoxy) is 2. The standard InChI is InChI=1S/C11H12N2O3/c12-6-8-3-4-10(13-8)11(14)16-7-9-2-1-5-15-9/h3-4,9,13H,1-2,5,7H2. The van der Waals surface area contributed by atoms with Crippen molar-refractivity contribution >= 4 is 5.97 Å². The monoisotopic (exact) mass is 220 g/mol. The maximum absolute atomic E-state index is 11.5. The van der Waals surface area contributed by atoms with E-state index in [1.165, 1.54) is 6.07 Å². The minimum absolute atomic E-state index is 0.0225. The van der Waals surface area contributed by atoms with Crippen molar-refractivity contribution in [3.05, 3.63) is 23.5 Å². The van der Waals surface area contributed by atoms with Gasteiger partial charge in [0.2, 0.25) is 0 Å². The van der Waals surface area contributed by atoms with Gasteiger partial charge in [-0.15, -0.1) is 0 Å². The summed E-state index contributed by atoms with van der Waals surface area (Å²) >= 11 is 0. The Kier molecular flexibility index (Phi) is 3.22. The lowest BCUT2D eigenvalue weighted by Crippen LogP contribution is -2.18. The second-order valence-corrected chi connectivity index (χ2v) is 3.63. The van der Waals surface area contributed by atoms with Crippen molar-refractivity contribution in [3.63, 3.8) is 0 Å². The van der Waals surface area contributed by atoms with Crippen LogP contribution in [-0.4, -0.2) is 30.3 Å². The molecule has 0 saturated carbocycles. The van der Waals surface area contributed by atoms with E-state index < -0.39 is 5.97 Å². The largest absolute Gasteiger partial charge is 0.458 e. The number of rotatable bonds is 3. The average Bonchev–Trinajstić information content (AvgIpc) is 2.96. The van der Waals surface area contributed by atoms with Crippen molar-refractivity contribution in [1.82, 2.24) is 4.98 Å². The molecule has 1 aliphatic rings. The average molecular weight is 220 g/mol. The lowest BCUT2D eigenvalue weighted by atomic mass is 10.2. The molecule has 16 heavy (non-hydrogen) atoms. The van der Waals surface area contributed by atoms with Gasteiger partial charge in [-0.2, -0.15) is 5.26 Å². The highest BCUT2D eigenvalue weighted by Crippen LogP contribution is 2.12. The van der Waals surface area contributed by atoms with Gasteiger partial charge in [-0.05, 0) is 25.0 Å². The first-order chi connectivity index (χ1) is 7.79. The molecule has 1 N–H and O–H groups in total. The molecule has 1 saturated heterocycles. The maximum Gasteiger partial charge on any atom is 0.354 e. The zero-order valence-electron chi connectivity index (χ0n) is 8.73. The first-order valence-electron chi connectivity index (χ1n) is 5.17. The number of carbonyl (C=O) groups excluding carboxylic acids is 1. The topological polar surface area (TPSA) is 75.1 Å². The van der Waals surface area contributed by atoms with Crippen LogP contribution >= 0.6 is 0 Å². The van der Waals surface area contributed by atoms with E-state index in [4.69, 9.17) is 14.7 Å². The van der Waals surface area contributed by atoms with Gasteiger partial charge in [0, 0.05) is 6.61 Å². The summed E-state index contributed by atoms with van der Waals surface area (Å²) in [5.74, 6) is -0.447. The van der Waals surface area contributed by atoms with Gasteiger partial charge in [0.25, 0.3) is 0 Å². The Morgan fingerprint density at radius 1 is 1.69 bits per heavy atom. The minimum atomic E-state index is -0.447. The fourth-order valence-corrected chi connectivity index (χ4v) is 1.60. The summed E-state index contributed by atoms with van der Waals surface area (Å²) in [6.07, 6.45) is 1.97. The number of H-pyrrole nitrogens is 1. The van der Waals surface area contributed by atoms with Crippen LogP contribution < -0.4 is 0 Å². The summed E-state index contributed by atoms with van der Waals surface area (Å²) in [5.41, 5.74) is 0.651. The Balaban J connectivity index is 1.85. The van der Waals surface area contributed by atoms with Crippen molar-refractivity contribution < 1.29 is 14.3 Å². The molecule has 84 valence electrons. The van der Waals surface area contributed by atoms with Gasteiger partial charge in [-0.3, -0.25) is 0 Å². The van der Waals surface area contributed by atoms with Crippen LogP contribution in [0.1, 0.15) is 29.0 Å². The van der Waals surface area contributed by atoms with Crippen molar-refractivity contribution in [2.45, 2.75) is 18.9 Å². The molecule has 1 atom stereocenters. The van der Waals surface area contributed by atoms with Crippen LogP contribution in [0.4, 0.5) is 0 Å². The summed E-state index contributed by atoms with van der Waals surface area (Å²) in [5, 5.41) is 8.58. The molecule has 0 amide bonds. The number of nitriles is 1. The van der Waals surface area contributed by atoms with E-state index in [2.05, 4.69) is 4.98 Å². The van der Waals surface area contributed by atoms with Crippen molar-refractivity contribution in [2.24, 2.45) is 0 Å². The Hall–Kier alpha value is -1.80. The Morgan fingerprint density at radius 2 is 2.56 bits per heavy atom. The van der Waals surface area contributed by atoms with Crippen LogP contribution in [0.15, 0.2) is 12.1 Å². The summed E-state index contributed by atoms with van der Waals surface area (Å²) in [6.45, 7) is 1.02. The van der Waals surface area contributed by atoms with Gasteiger partial charge < -0.3 is 14.5 Å². The van der Waals surface area contributed by atoms with E-state index in [-0.39, 0.29) is 12.7 Å². The quantitative estimate of drug-likeness (QED) is 0.777. The smallest absolute Gasteiger partial charge is 0.354 e. The maximum atomic E-state index is 11.5. The van der Waals surface area contributed by atoms with E-state index in [9.17, 15) is 4.79 Å². The molecule has 1 unspecified atom stereocenters. The highest BCUT2D eigenvalue weighted by Gasteiger charge is 2.18. The molecule has 5 heteroatoms. The van der Waals surface area contributed by atoms with E-state index in [0.717, 1.165) is 19.4 Å². The number of aromatic nitrogens is 1. The van der Waals surface area contributed by atoms with Gasteiger partial charge in [0.1, 0.15) is 24.1 Å². The summed E-state index contributed by atoms with van der Waals surface area (Å²) in [7, 11) is 0. The molecule has 1 aromatic rings. The van der Waals surface area contributed by atoms with E-state index >= 15 is 0 Å². The third kappa shape index (κ3) is 2.41. The zero-order valence-corrected chi connectivity index (χ0v) is 8.73. The number of carbonyl (C=O) groups is 1. The molecule has 0 radical (unpaired) electrons. The summed E-state index contributed by atoms with van der Waals surface area (Å²) in [4.78, 5) is 14.2. The highest BCUT2D eigenvalue weighted by atomic mass is 16.6. The third-order valence-corrected chi connectivity index (χ3v) is 2.45. The van der Waals surface area contributed by atoms with Crippen LogP contribution in [0, 0.1) is 11.3 Å². The number of hydrogen-bond acceptors (Lipinski definition) is 4. The molecule has 1 aliphatic heterocycles. The minimum Gasteiger partial charge on any atom is -0.458 e. The fourth-order valence-electron chi connectivity index (χ4n) is 1.60. The molecule has 0 aromatic carbocycles. The van der Waals surface area contributed by atoms with Crippen molar-refractivity contribution in [1.29, 1.82) is 5.26 Å². The number of hydrogen-bond donors (Lipinski definition) is 1. The normalized spacial score (nSPS) is 19.3. The molecule has 0 spiro atoms. The van der Waals surface area contributed by atoms with Crippen LogP contribution in [0.25, 0.3) is 0 Å². The van der Waals surface area contributed by atoms with Gasteiger partial charge >= 0.3 is 5.97 Å². The number of esters is 1. The lowest BCUT2D eigenvalue weighted by Gasteiger charge is -2.09. The first kappa shape index (κ1) is 10.7. The second-order valence-electron chi connectivity index (χ2n) is 3.63. The SMILES string of the molecule is N#Cc1ccc(C(=O)OCC2CCCO2)[nH]1. The van der Waals surface area contributed by atoms with Gasteiger partial charge in [0.15, 0.2) is 0 Å². The predicted molar refractivity (Wildman–Crippen MR) is 54.8 cm³/mol. The number of aromatic amines is 1. The Labute approximate surface area is 93.0 Å². The van der Waals surface area contributed by atoms with E-state index in [0.29, 0.717) is 11.4 Å². The molecule has 1 aromatic heterocycles. The van der Waals surface area contributed by atoms with Crippen LogP contribution in [0.5, 0.6) is 0 Å². The first-order valence-corrected chi connectivity index (χ1v) is 5.17. The van der Waals surface area contributed by atoms with E-state index in [1.807, 2.05) is 6.07 Å². The lowest BCUT2D eigenvalue weighted by molar-refractivity contribution is 0.0157. The van der Waals surface area contributed by atoms with Crippen molar-refractivity contribution in [3.8, 4) is 6.07 Å². The number of nitrogens with zero attached hydrogens (tertiary/aromatic N) is 1. The fraction of sp³-hybridized carbons (Fsp3) is 0.455.